The summed E-state index contributed by atoms with van der Waals surface area (Å²) in [6, 6.07) is 3.66. The molecule has 1 saturated heterocycles. The second kappa shape index (κ2) is 7.59. The zero-order chi connectivity index (χ0) is 17.9. The average molecular weight is 355 g/mol. The summed E-state index contributed by atoms with van der Waals surface area (Å²) in [4.78, 5) is 38.2. The van der Waals surface area contributed by atoms with Gasteiger partial charge in [-0.1, -0.05) is 11.6 Å². The van der Waals surface area contributed by atoms with Crippen LogP contribution in [0.25, 0.3) is 0 Å². The number of carbonyl (C=O) groups excluding carboxylic acids is 2. The monoisotopic (exact) mass is 354 g/mol. The van der Waals surface area contributed by atoms with Crippen molar-refractivity contribution in [3.8, 4) is 0 Å². The van der Waals surface area contributed by atoms with Crippen molar-refractivity contribution in [2.45, 2.75) is 18.9 Å². The molecule has 0 unspecified atom stereocenters. The Morgan fingerprint density at radius 2 is 2.00 bits per heavy atom. The van der Waals surface area contributed by atoms with E-state index in [9.17, 15) is 19.7 Å². The lowest BCUT2D eigenvalue weighted by Crippen LogP contribution is -2.47. The molecule has 2 amide bonds. The van der Waals surface area contributed by atoms with E-state index < -0.39 is 16.7 Å². The summed E-state index contributed by atoms with van der Waals surface area (Å²) in [6.07, 6.45) is 1.59. The molecular weight excluding hydrogens is 336 g/mol. The maximum absolute atomic E-state index is 12.3. The van der Waals surface area contributed by atoms with E-state index in [1.54, 1.807) is 7.05 Å². The van der Waals surface area contributed by atoms with E-state index in [0.29, 0.717) is 0 Å². The predicted octanol–water partition coefficient (Wildman–Crippen LogP) is 1.74. The minimum Gasteiger partial charge on any atom is -0.334 e. The lowest BCUT2D eigenvalue weighted by atomic mass is 10.0. The smallest absolute Gasteiger partial charge is 0.313 e. The van der Waals surface area contributed by atoms with Crippen LogP contribution in [0.15, 0.2) is 18.2 Å². The number of non-ortho nitro benzene ring substituents is 1. The number of hydrogen-bond donors (Lipinski definition) is 1. The number of rotatable bonds is 3. The van der Waals surface area contributed by atoms with Gasteiger partial charge in [0.25, 0.3) is 5.69 Å². The second-order valence-electron chi connectivity index (χ2n) is 5.83. The fourth-order valence-corrected chi connectivity index (χ4v) is 2.77. The molecule has 0 spiro atoms. The third kappa shape index (κ3) is 4.21. The van der Waals surface area contributed by atoms with Gasteiger partial charge in [0.2, 0.25) is 0 Å². The summed E-state index contributed by atoms with van der Waals surface area (Å²) < 4.78 is 0. The van der Waals surface area contributed by atoms with Crippen molar-refractivity contribution in [2.75, 3.05) is 32.5 Å². The molecule has 1 aliphatic rings. The predicted molar refractivity (Wildman–Crippen MR) is 90.0 cm³/mol. The Hall–Kier alpha value is -2.19. The highest BCUT2D eigenvalue weighted by Gasteiger charge is 2.28. The quantitative estimate of drug-likeness (QED) is 0.506. The highest BCUT2D eigenvalue weighted by molar-refractivity contribution is 6.41. The van der Waals surface area contributed by atoms with Gasteiger partial charge in [-0.25, -0.2) is 0 Å². The molecule has 0 aromatic heterocycles. The summed E-state index contributed by atoms with van der Waals surface area (Å²) in [5.74, 6) is -1.55. The van der Waals surface area contributed by atoms with Gasteiger partial charge in [-0.15, -0.1) is 0 Å². The number of piperidine rings is 1. The van der Waals surface area contributed by atoms with Crippen LogP contribution in [-0.2, 0) is 9.59 Å². The largest absolute Gasteiger partial charge is 0.334 e. The van der Waals surface area contributed by atoms with E-state index in [2.05, 4.69) is 10.2 Å². The van der Waals surface area contributed by atoms with E-state index >= 15 is 0 Å². The van der Waals surface area contributed by atoms with Crippen molar-refractivity contribution in [1.82, 2.24) is 9.80 Å². The third-order valence-corrected chi connectivity index (χ3v) is 4.49. The molecule has 8 nitrogen and oxygen atoms in total. The Morgan fingerprint density at radius 1 is 1.38 bits per heavy atom. The zero-order valence-electron chi connectivity index (χ0n) is 13.5. The van der Waals surface area contributed by atoms with Crippen LogP contribution < -0.4 is 5.32 Å². The molecule has 0 aliphatic carbocycles. The van der Waals surface area contributed by atoms with E-state index in [1.165, 1.54) is 17.0 Å². The maximum Gasteiger partial charge on any atom is 0.313 e. The number of carbonyl (C=O) groups is 2. The lowest BCUT2D eigenvalue weighted by Gasteiger charge is -2.34. The molecule has 9 heteroatoms. The van der Waals surface area contributed by atoms with Gasteiger partial charge in [0.15, 0.2) is 0 Å². The molecule has 0 saturated carbocycles. The number of halogens is 1. The lowest BCUT2D eigenvalue weighted by molar-refractivity contribution is -0.384. The average Bonchev–Trinajstić information content (AvgIpc) is 2.55. The maximum atomic E-state index is 12.3. The van der Waals surface area contributed by atoms with Crippen LogP contribution in [0.5, 0.6) is 0 Å². The number of nitro benzene ring substituents is 1. The zero-order valence-corrected chi connectivity index (χ0v) is 14.2. The number of anilines is 1. The molecule has 0 radical (unpaired) electrons. The van der Waals surface area contributed by atoms with E-state index in [1.807, 2.05) is 7.05 Å². The number of likely N-dealkylation sites (tertiary alicyclic amines) is 1. The SMILES string of the molecule is CN1CCC(N(C)C(=O)C(=O)Nc2cc([N+](=O)[O-])ccc2Cl)CC1. The molecule has 2 rings (SSSR count). The fourth-order valence-electron chi connectivity index (χ4n) is 2.61. The van der Waals surface area contributed by atoms with Crippen molar-refractivity contribution < 1.29 is 14.5 Å². The number of benzene rings is 1. The van der Waals surface area contributed by atoms with Crippen LogP contribution >= 0.6 is 11.6 Å². The molecule has 130 valence electrons. The van der Waals surface area contributed by atoms with Gasteiger partial charge in [0.05, 0.1) is 15.6 Å². The highest BCUT2D eigenvalue weighted by atomic mass is 35.5. The number of amides is 2. The topological polar surface area (TPSA) is 95.8 Å². The number of hydrogen-bond acceptors (Lipinski definition) is 5. The Morgan fingerprint density at radius 3 is 2.58 bits per heavy atom. The summed E-state index contributed by atoms with van der Waals surface area (Å²) in [5, 5.41) is 13.3. The van der Waals surface area contributed by atoms with Crippen LogP contribution in [0.4, 0.5) is 11.4 Å². The second-order valence-corrected chi connectivity index (χ2v) is 6.23. The first-order valence-corrected chi connectivity index (χ1v) is 7.88. The Kier molecular flexibility index (Phi) is 5.74. The summed E-state index contributed by atoms with van der Waals surface area (Å²) >= 11 is 5.93. The molecule has 1 aliphatic heterocycles. The van der Waals surface area contributed by atoms with Crippen molar-refractivity contribution in [1.29, 1.82) is 0 Å². The van der Waals surface area contributed by atoms with Gasteiger partial charge in [-0.05, 0) is 39.0 Å². The molecule has 1 N–H and O–H groups in total. The molecule has 1 aromatic rings. The molecule has 1 heterocycles. The first kappa shape index (κ1) is 18.2. The first-order chi connectivity index (χ1) is 11.3. The van der Waals surface area contributed by atoms with Gasteiger partial charge in [0, 0.05) is 25.2 Å². The standard InChI is InChI=1S/C15H19ClN4O4/c1-18-7-5-10(6-8-18)19(2)15(22)14(21)17-13-9-11(20(23)24)3-4-12(13)16/h3-4,9-10H,5-8H2,1-2H3,(H,17,21). The summed E-state index contributed by atoms with van der Waals surface area (Å²) in [7, 11) is 3.60. The molecule has 24 heavy (non-hydrogen) atoms. The summed E-state index contributed by atoms with van der Waals surface area (Å²) in [6.45, 7) is 1.72. The van der Waals surface area contributed by atoms with Gasteiger partial charge >= 0.3 is 11.8 Å². The minimum atomic E-state index is -0.862. The minimum absolute atomic E-state index is 0.0000291. The highest BCUT2D eigenvalue weighted by Crippen LogP contribution is 2.26. The summed E-state index contributed by atoms with van der Waals surface area (Å²) in [5.41, 5.74) is -0.174. The fraction of sp³-hybridized carbons (Fsp3) is 0.467. The number of nitro groups is 1. The molecule has 1 fully saturated rings. The Balaban J connectivity index is 2.05. The number of nitrogens with zero attached hydrogens (tertiary/aromatic N) is 3. The number of nitrogens with one attached hydrogen (secondary N) is 1. The third-order valence-electron chi connectivity index (χ3n) is 4.16. The Labute approximate surface area is 144 Å². The van der Waals surface area contributed by atoms with E-state index in [0.717, 1.165) is 32.0 Å². The first-order valence-electron chi connectivity index (χ1n) is 7.50. The van der Waals surface area contributed by atoms with Crippen LogP contribution in [0.3, 0.4) is 0 Å². The molecule has 0 bridgehead atoms. The van der Waals surface area contributed by atoms with Crippen LogP contribution in [0.1, 0.15) is 12.8 Å². The van der Waals surface area contributed by atoms with Crippen molar-refractivity contribution in [3.05, 3.63) is 33.3 Å². The number of likely N-dealkylation sites (N-methyl/N-ethyl adjacent to an activating group) is 1. The van der Waals surface area contributed by atoms with Gasteiger partial charge in [-0.3, -0.25) is 19.7 Å². The molecule has 1 aromatic carbocycles. The van der Waals surface area contributed by atoms with Crippen molar-refractivity contribution in [2.24, 2.45) is 0 Å². The van der Waals surface area contributed by atoms with Gasteiger partial charge in [0.1, 0.15) is 0 Å². The van der Waals surface area contributed by atoms with Crippen molar-refractivity contribution in [3.63, 3.8) is 0 Å². The molecule has 0 atom stereocenters. The van der Waals surface area contributed by atoms with Gasteiger partial charge in [-0.2, -0.15) is 0 Å². The molecular formula is C15H19ClN4O4. The van der Waals surface area contributed by atoms with Crippen LogP contribution in [0.2, 0.25) is 5.02 Å². The normalized spacial score (nSPS) is 15.8. The Bertz CT molecular complexity index is 659. The van der Waals surface area contributed by atoms with E-state index in [4.69, 9.17) is 11.6 Å². The van der Waals surface area contributed by atoms with Crippen LogP contribution in [0, 0.1) is 10.1 Å². The van der Waals surface area contributed by atoms with Crippen LogP contribution in [-0.4, -0.2) is 59.8 Å². The van der Waals surface area contributed by atoms with Gasteiger partial charge < -0.3 is 15.1 Å². The van der Waals surface area contributed by atoms with E-state index in [-0.39, 0.29) is 22.4 Å². The van der Waals surface area contributed by atoms with Crippen molar-refractivity contribution >= 4 is 34.8 Å².